The monoisotopic (exact) mass is 507 g/mol. The molecule has 2 nitrogen and oxygen atoms in total. The van der Waals surface area contributed by atoms with E-state index in [9.17, 15) is 0 Å². The van der Waals surface area contributed by atoms with E-state index in [-0.39, 0.29) is 41.8 Å². The van der Waals surface area contributed by atoms with Gasteiger partial charge in [0.2, 0.25) is 0 Å². The van der Waals surface area contributed by atoms with Gasteiger partial charge in [0.25, 0.3) is 0 Å². The Morgan fingerprint density at radius 1 is 1.37 bits per heavy atom. The number of hydrogen-bond acceptors (Lipinski definition) is 2. The second kappa shape index (κ2) is 5.76. The second-order valence-electron chi connectivity index (χ2n) is 7.73. The molecule has 1 saturated heterocycles. The topological polar surface area (TPSA) is 18.5 Å². The average Bonchev–Trinajstić information content (AvgIpc) is 2.68. The van der Waals surface area contributed by atoms with Gasteiger partial charge in [0.15, 0.2) is 8.32 Å². The summed E-state index contributed by atoms with van der Waals surface area (Å²) in [5.41, 5.74) is -0.0282. The van der Waals surface area contributed by atoms with Crippen LogP contribution in [0.15, 0.2) is 0 Å². The van der Waals surface area contributed by atoms with Crippen molar-refractivity contribution in [3.05, 3.63) is 6.61 Å². The summed E-state index contributed by atoms with van der Waals surface area (Å²) in [5.74, 6) is 1.20. The first-order valence-electron chi connectivity index (χ1n) is 7.32. The summed E-state index contributed by atoms with van der Waals surface area (Å²) in [6.45, 7) is 18.3. The van der Waals surface area contributed by atoms with Crippen LogP contribution in [-0.4, -0.2) is 20.0 Å². The third-order valence-electron chi connectivity index (χ3n) is 5.48. The van der Waals surface area contributed by atoms with E-state index in [1.807, 2.05) is 0 Å². The zero-order chi connectivity index (χ0) is 13.8. The van der Waals surface area contributed by atoms with Gasteiger partial charge in [-0.1, -0.05) is 40.5 Å². The van der Waals surface area contributed by atoms with Gasteiger partial charge in [-0.3, -0.25) is 0 Å². The maximum Gasteiger partial charge on any atom is 0.192 e. The Morgan fingerprint density at radius 2 is 1.95 bits per heavy atom. The minimum Gasteiger partial charge on any atom is -0.545 e. The zero-order valence-corrected chi connectivity index (χ0v) is 18.7. The van der Waals surface area contributed by atoms with Crippen LogP contribution in [0.25, 0.3) is 0 Å². The van der Waals surface area contributed by atoms with Gasteiger partial charge in [-0.15, -0.1) is 5.92 Å². The van der Waals surface area contributed by atoms with Gasteiger partial charge in [-0.25, -0.2) is 6.61 Å². The van der Waals surface area contributed by atoms with Crippen molar-refractivity contribution in [2.75, 3.05) is 0 Å². The van der Waals surface area contributed by atoms with Gasteiger partial charge in [-0.2, -0.15) is 0 Å². The van der Waals surface area contributed by atoms with Crippen LogP contribution in [-0.2, 0) is 9.16 Å². The van der Waals surface area contributed by atoms with Gasteiger partial charge >= 0.3 is 0 Å². The maximum atomic E-state index is 6.70. The number of fused-ring (bicyclic) bond motifs is 2. The summed E-state index contributed by atoms with van der Waals surface area (Å²) in [7, 11) is -1.71. The van der Waals surface area contributed by atoms with E-state index < -0.39 is 8.32 Å². The van der Waals surface area contributed by atoms with Crippen LogP contribution in [0.4, 0.5) is 0 Å². The minimum atomic E-state index is -1.71. The van der Waals surface area contributed by atoms with E-state index in [0.717, 1.165) is 12.8 Å². The molecule has 0 spiro atoms. The molecular formula is C15H29O2SiU-. The molecule has 1 heterocycles. The molecule has 0 aromatic carbocycles. The van der Waals surface area contributed by atoms with Crippen LogP contribution in [0.1, 0.15) is 47.5 Å². The molecule has 1 saturated carbocycles. The van der Waals surface area contributed by atoms with Crippen molar-refractivity contribution >= 4 is 8.32 Å². The predicted octanol–water partition coefficient (Wildman–Crippen LogP) is 4.37. The molecule has 0 aromatic rings. The first kappa shape index (κ1) is 18.2. The summed E-state index contributed by atoms with van der Waals surface area (Å²) in [6.07, 6.45) is 2.51. The van der Waals surface area contributed by atoms with E-state index in [0.29, 0.717) is 17.9 Å². The van der Waals surface area contributed by atoms with Crippen LogP contribution in [0.2, 0.25) is 18.1 Å². The third kappa shape index (κ3) is 3.04. The van der Waals surface area contributed by atoms with E-state index in [1.54, 1.807) is 0 Å². The van der Waals surface area contributed by atoms with Gasteiger partial charge in [-0.05, 0) is 31.0 Å². The molecule has 4 atom stereocenters. The molecule has 1 aliphatic carbocycles. The number of rotatable bonds is 3. The van der Waals surface area contributed by atoms with Crippen molar-refractivity contribution < 1.29 is 40.3 Å². The Hall–Kier alpha value is 1.19. The molecule has 2 bridgehead atoms. The van der Waals surface area contributed by atoms with E-state index >= 15 is 0 Å². The van der Waals surface area contributed by atoms with Crippen LogP contribution >= 0.6 is 0 Å². The Morgan fingerprint density at radius 3 is 2.37 bits per heavy atom. The first-order valence-corrected chi connectivity index (χ1v) is 10.2. The van der Waals surface area contributed by atoms with E-state index in [4.69, 9.17) is 9.16 Å². The number of ether oxygens (including phenoxy) is 1. The fourth-order valence-corrected chi connectivity index (χ4v) is 4.45. The van der Waals surface area contributed by atoms with Crippen molar-refractivity contribution in [1.29, 1.82) is 0 Å². The SMILES string of the molecule is CC[C@@]12C[C@@H](C)[C@H]([CH-]O1)[C@@H]2O[Si](C)(C)C(C)(C)C.[U]. The average molecular weight is 508 g/mol. The van der Waals surface area contributed by atoms with Crippen LogP contribution in [0.3, 0.4) is 0 Å². The molecule has 2 rings (SSSR count). The Bertz CT molecular complexity index is 327. The van der Waals surface area contributed by atoms with Crippen molar-refractivity contribution in [3.8, 4) is 0 Å². The molecule has 110 valence electrons. The van der Waals surface area contributed by atoms with E-state index in [1.165, 1.54) is 0 Å². The van der Waals surface area contributed by atoms with Gasteiger partial charge in [0.1, 0.15) is 0 Å². The maximum absolute atomic E-state index is 6.70. The second-order valence-corrected chi connectivity index (χ2v) is 12.5. The Kier molecular flexibility index (Phi) is 5.53. The summed E-state index contributed by atoms with van der Waals surface area (Å²) >= 11 is 0. The molecule has 1 aliphatic heterocycles. The molecular weight excluding hydrogens is 478 g/mol. The van der Waals surface area contributed by atoms with Crippen LogP contribution < -0.4 is 0 Å². The molecule has 2 fully saturated rings. The van der Waals surface area contributed by atoms with Crippen molar-refractivity contribution in [2.45, 2.75) is 77.3 Å². The van der Waals surface area contributed by atoms with Crippen molar-refractivity contribution in [1.82, 2.24) is 0 Å². The summed E-state index contributed by atoms with van der Waals surface area (Å²) in [4.78, 5) is 0. The van der Waals surface area contributed by atoms with Crippen molar-refractivity contribution in [3.63, 3.8) is 0 Å². The van der Waals surface area contributed by atoms with Crippen LogP contribution in [0.5, 0.6) is 0 Å². The summed E-state index contributed by atoms with van der Waals surface area (Å²) < 4.78 is 12.7. The zero-order valence-electron chi connectivity index (χ0n) is 13.5. The smallest absolute Gasteiger partial charge is 0.192 e. The molecule has 0 N–H and O–H groups in total. The molecule has 2 aliphatic rings. The van der Waals surface area contributed by atoms with Gasteiger partial charge < -0.3 is 9.16 Å². The van der Waals surface area contributed by atoms with E-state index in [2.05, 4.69) is 54.3 Å². The standard InChI is InChI=1S/C15H29O2Si.U/c1-8-15-9-11(2)12(10-16-15)13(15)17-18(6,7)14(3,4)5;/h10-13H,8-9H2,1-7H3;/q-1;/t11-,12+,13+,15+;/m1./s1. The number of hydrogen-bond donors (Lipinski definition) is 0. The van der Waals surface area contributed by atoms with Gasteiger partial charge in [0, 0.05) is 37.2 Å². The molecule has 0 unspecified atom stereocenters. The molecule has 0 radical (unpaired) electrons. The predicted molar refractivity (Wildman–Crippen MR) is 77.7 cm³/mol. The quantitative estimate of drug-likeness (QED) is 0.417. The largest absolute Gasteiger partial charge is 0.545 e. The Labute approximate surface area is 143 Å². The fraction of sp³-hybridized carbons (Fsp3) is 0.933. The normalized spacial score (nSPS) is 38.4. The fourth-order valence-electron chi connectivity index (χ4n) is 3.09. The van der Waals surface area contributed by atoms with Gasteiger partial charge in [0.05, 0.1) is 5.60 Å². The van der Waals surface area contributed by atoms with Crippen LogP contribution in [0, 0.1) is 49.6 Å². The molecule has 4 heteroatoms. The molecule has 0 aromatic heterocycles. The summed E-state index contributed by atoms with van der Waals surface area (Å²) in [5, 5.41) is 0.271. The Balaban J connectivity index is 0.00000180. The molecule has 0 amide bonds. The minimum absolute atomic E-state index is 0. The third-order valence-corrected chi connectivity index (χ3v) is 9.93. The summed E-state index contributed by atoms with van der Waals surface area (Å²) in [6, 6.07) is 0. The van der Waals surface area contributed by atoms with Crippen molar-refractivity contribution in [2.24, 2.45) is 11.8 Å². The first-order chi connectivity index (χ1) is 8.13. The molecule has 19 heavy (non-hydrogen) atoms.